The van der Waals surface area contributed by atoms with E-state index in [1.807, 2.05) is 12.1 Å². The van der Waals surface area contributed by atoms with E-state index in [9.17, 15) is 0 Å². The summed E-state index contributed by atoms with van der Waals surface area (Å²) in [5.41, 5.74) is 0.960. The maximum absolute atomic E-state index is 6.03. The van der Waals surface area contributed by atoms with Gasteiger partial charge in [-0.15, -0.1) is 0 Å². The zero-order chi connectivity index (χ0) is 10.8. The first-order valence-electron chi connectivity index (χ1n) is 4.47. The first-order chi connectivity index (χ1) is 6.40. The van der Waals surface area contributed by atoms with Gasteiger partial charge in [0.25, 0.3) is 0 Å². The van der Waals surface area contributed by atoms with Crippen LogP contribution in [0.4, 0.5) is 0 Å². The van der Waals surface area contributed by atoms with Gasteiger partial charge in [0.05, 0.1) is 16.7 Å². The fraction of sp³-hybridized carbons (Fsp3) is 0.400. The third kappa shape index (κ3) is 3.62. The highest BCUT2D eigenvalue weighted by Crippen LogP contribution is 2.26. The van der Waals surface area contributed by atoms with Crippen molar-refractivity contribution in [3.05, 3.63) is 33.8 Å². The smallest absolute Gasteiger partial charge is 0.184 e. The Hall–Kier alpha value is -0.0231. The topological polar surface area (TPSA) is 9.23 Å². The molecule has 0 spiro atoms. The van der Waals surface area contributed by atoms with Crippen molar-refractivity contribution in [3.63, 3.8) is 0 Å². The van der Waals surface area contributed by atoms with E-state index in [0.717, 1.165) is 5.56 Å². The summed E-state index contributed by atoms with van der Waals surface area (Å²) >= 11 is 11.9. The molecule has 0 atom stereocenters. The molecule has 0 saturated carbocycles. The van der Waals surface area contributed by atoms with Crippen LogP contribution in [0.1, 0.15) is 5.56 Å². The van der Waals surface area contributed by atoms with E-state index in [2.05, 4.69) is 19.6 Å². The lowest BCUT2D eigenvalue weighted by Crippen LogP contribution is -2.24. The summed E-state index contributed by atoms with van der Waals surface area (Å²) in [6.45, 7) is 6.98. The number of rotatable bonds is 3. The summed E-state index contributed by atoms with van der Waals surface area (Å²) in [5.74, 6) is 0. The molecule has 0 heterocycles. The number of hydrogen-bond donors (Lipinski definition) is 0. The molecule has 0 amide bonds. The van der Waals surface area contributed by atoms with E-state index in [1.54, 1.807) is 6.07 Å². The molecule has 1 rings (SSSR count). The number of benzene rings is 1. The Morgan fingerprint density at radius 3 is 2.43 bits per heavy atom. The van der Waals surface area contributed by atoms with Crippen molar-refractivity contribution in [2.75, 3.05) is 0 Å². The molecule has 0 saturated heterocycles. The van der Waals surface area contributed by atoms with Crippen molar-refractivity contribution in [2.24, 2.45) is 0 Å². The maximum Gasteiger partial charge on any atom is 0.184 e. The fourth-order valence-electron chi connectivity index (χ4n) is 0.954. The van der Waals surface area contributed by atoms with Crippen LogP contribution in [0.2, 0.25) is 29.7 Å². The minimum absolute atomic E-state index is 0.551. The molecule has 0 fully saturated rings. The van der Waals surface area contributed by atoms with Crippen molar-refractivity contribution in [3.8, 4) is 0 Å². The predicted octanol–water partition coefficient (Wildman–Crippen LogP) is 4.34. The lowest BCUT2D eigenvalue weighted by atomic mass is 10.2. The van der Waals surface area contributed by atoms with Gasteiger partial charge in [-0.1, -0.05) is 35.3 Å². The first kappa shape index (κ1) is 12.0. The van der Waals surface area contributed by atoms with Crippen LogP contribution < -0.4 is 0 Å². The molecule has 14 heavy (non-hydrogen) atoms. The molecule has 0 aliphatic rings. The predicted molar refractivity (Wildman–Crippen MR) is 64.6 cm³/mol. The van der Waals surface area contributed by atoms with Crippen molar-refractivity contribution in [2.45, 2.75) is 26.2 Å². The third-order valence-electron chi connectivity index (χ3n) is 1.69. The van der Waals surface area contributed by atoms with Gasteiger partial charge in [0.15, 0.2) is 8.32 Å². The van der Waals surface area contributed by atoms with Crippen molar-refractivity contribution in [1.82, 2.24) is 0 Å². The number of halogens is 2. The van der Waals surface area contributed by atoms with E-state index < -0.39 is 8.32 Å². The van der Waals surface area contributed by atoms with Crippen LogP contribution in [0.3, 0.4) is 0 Å². The minimum Gasteiger partial charge on any atom is -0.413 e. The highest BCUT2D eigenvalue weighted by atomic mass is 35.5. The molecule has 4 heteroatoms. The van der Waals surface area contributed by atoms with Crippen LogP contribution in [0.25, 0.3) is 0 Å². The van der Waals surface area contributed by atoms with Gasteiger partial charge in [0.2, 0.25) is 0 Å². The lowest BCUT2D eigenvalue weighted by Gasteiger charge is -2.17. The minimum atomic E-state index is -1.48. The van der Waals surface area contributed by atoms with Gasteiger partial charge in [-0.2, -0.15) is 0 Å². The van der Waals surface area contributed by atoms with Gasteiger partial charge >= 0.3 is 0 Å². The van der Waals surface area contributed by atoms with E-state index in [1.165, 1.54) is 0 Å². The Morgan fingerprint density at radius 2 is 1.86 bits per heavy atom. The van der Waals surface area contributed by atoms with Gasteiger partial charge in [0.1, 0.15) is 0 Å². The summed E-state index contributed by atoms with van der Waals surface area (Å²) < 4.78 is 5.75. The normalized spacial score (nSPS) is 11.8. The lowest BCUT2D eigenvalue weighted by molar-refractivity contribution is 0.299. The van der Waals surface area contributed by atoms with Gasteiger partial charge in [-0.25, -0.2) is 0 Å². The second-order valence-electron chi connectivity index (χ2n) is 4.11. The zero-order valence-corrected chi connectivity index (χ0v) is 11.1. The van der Waals surface area contributed by atoms with Gasteiger partial charge < -0.3 is 4.43 Å². The molecule has 0 unspecified atom stereocenters. The van der Waals surface area contributed by atoms with Gasteiger partial charge in [-0.3, -0.25) is 0 Å². The Bertz CT molecular complexity index is 320. The summed E-state index contributed by atoms with van der Waals surface area (Å²) in [5, 5.41) is 1.19. The molecule has 0 aliphatic carbocycles. The summed E-state index contributed by atoms with van der Waals surface area (Å²) in [7, 11) is -1.48. The summed E-state index contributed by atoms with van der Waals surface area (Å²) in [4.78, 5) is 0. The fourth-order valence-corrected chi connectivity index (χ4v) is 1.92. The summed E-state index contributed by atoms with van der Waals surface area (Å²) in [6, 6.07) is 5.60. The molecular formula is C10H14Cl2OSi. The molecule has 0 radical (unpaired) electrons. The van der Waals surface area contributed by atoms with Crippen molar-refractivity contribution in [1.29, 1.82) is 0 Å². The van der Waals surface area contributed by atoms with Crippen LogP contribution in [0, 0.1) is 0 Å². The Balaban J connectivity index is 2.73. The van der Waals surface area contributed by atoms with E-state index in [-0.39, 0.29) is 0 Å². The zero-order valence-electron chi connectivity index (χ0n) is 8.60. The molecular weight excluding hydrogens is 235 g/mol. The second kappa shape index (κ2) is 4.66. The van der Waals surface area contributed by atoms with Crippen molar-refractivity contribution < 1.29 is 4.43 Å². The molecule has 1 aromatic rings. The largest absolute Gasteiger partial charge is 0.413 e. The molecule has 78 valence electrons. The monoisotopic (exact) mass is 248 g/mol. The Kier molecular flexibility index (Phi) is 4.01. The quantitative estimate of drug-likeness (QED) is 0.724. The Morgan fingerprint density at radius 1 is 1.21 bits per heavy atom. The van der Waals surface area contributed by atoms with Crippen molar-refractivity contribution >= 4 is 31.5 Å². The van der Waals surface area contributed by atoms with Crippen LogP contribution in [0.15, 0.2) is 18.2 Å². The van der Waals surface area contributed by atoms with Gasteiger partial charge in [0, 0.05) is 0 Å². The summed E-state index contributed by atoms with van der Waals surface area (Å²) in [6.07, 6.45) is 0. The van der Waals surface area contributed by atoms with Crippen LogP contribution in [-0.2, 0) is 11.0 Å². The molecule has 0 aromatic heterocycles. The average Bonchev–Trinajstić information content (AvgIpc) is 2.06. The van der Waals surface area contributed by atoms with Crippen LogP contribution in [-0.4, -0.2) is 8.32 Å². The first-order valence-corrected chi connectivity index (χ1v) is 8.63. The SMILES string of the molecule is C[Si](C)(C)OCc1cccc(Cl)c1Cl. The number of hydrogen-bond acceptors (Lipinski definition) is 1. The standard InChI is InChI=1S/C10H14Cl2OSi/c1-14(2,3)13-7-8-5-4-6-9(11)10(8)12/h4-6H,7H2,1-3H3. The average molecular weight is 249 g/mol. The second-order valence-corrected chi connectivity index (χ2v) is 9.41. The van der Waals surface area contributed by atoms with Crippen LogP contribution in [0.5, 0.6) is 0 Å². The highest BCUT2D eigenvalue weighted by molar-refractivity contribution is 6.69. The van der Waals surface area contributed by atoms with Crippen LogP contribution >= 0.6 is 23.2 Å². The molecule has 1 aromatic carbocycles. The van der Waals surface area contributed by atoms with E-state index >= 15 is 0 Å². The third-order valence-corrected chi connectivity index (χ3v) is 3.56. The molecule has 0 aliphatic heterocycles. The molecule has 0 bridgehead atoms. The Labute approximate surface area is 96.1 Å². The van der Waals surface area contributed by atoms with E-state index in [4.69, 9.17) is 27.6 Å². The molecule has 0 N–H and O–H groups in total. The van der Waals surface area contributed by atoms with E-state index in [0.29, 0.717) is 16.7 Å². The molecule has 1 nitrogen and oxygen atoms in total. The maximum atomic E-state index is 6.03. The van der Waals surface area contributed by atoms with Gasteiger partial charge in [-0.05, 0) is 31.3 Å². The highest BCUT2D eigenvalue weighted by Gasteiger charge is 2.15.